The van der Waals surface area contributed by atoms with E-state index in [-0.39, 0.29) is 32.5 Å². The molecular formula is C20H18ClFN2O6S. The molecule has 2 amide bonds. The van der Waals surface area contributed by atoms with Crippen molar-refractivity contribution in [2.24, 2.45) is 0 Å². The first kappa shape index (κ1) is 22.6. The van der Waals surface area contributed by atoms with E-state index in [4.69, 9.17) is 21.1 Å². The van der Waals surface area contributed by atoms with Crippen LogP contribution in [0, 0.1) is 5.82 Å². The van der Waals surface area contributed by atoms with Crippen LogP contribution in [0.2, 0.25) is 5.02 Å². The second-order valence-electron chi connectivity index (χ2n) is 6.51. The van der Waals surface area contributed by atoms with E-state index in [0.717, 1.165) is 12.1 Å². The molecule has 0 saturated heterocycles. The molecule has 0 aromatic heterocycles. The van der Waals surface area contributed by atoms with Gasteiger partial charge in [0.1, 0.15) is 28.8 Å². The molecule has 31 heavy (non-hydrogen) atoms. The lowest BCUT2D eigenvalue weighted by Crippen LogP contribution is -2.38. The van der Waals surface area contributed by atoms with Gasteiger partial charge in [-0.2, -0.15) is 0 Å². The average molecular weight is 469 g/mol. The molecule has 2 aromatic carbocycles. The molecular weight excluding hydrogens is 451 g/mol. The van der Waals surface area contributed by atoms with Gasteiger partial charge < -0.3 is 14.8 Å². The highest BCUT2D eigenvalue weighted by molar-refractivity contribution is 7.99. The van der Waals surface area contributed by atoms with Gasteiger partial charge in [-0.1, -0.05) is 23.7 Å². The van der Waals surface area contributed by atoms with Crippen LogP contribution in [0.5, 0.6) is 11.5 Å². The van der Waals surface area contributed by atoms with Gasteiger partial charge in [0.25, 0.3) is 15.9 Å². The van der Waals surface area contributed by atoms with Gasteiger partial charge in [-0.15, -0.1) is 0 Å². The lowest BCUT2D eigenvalue weighted by atomic mass is 10.1. The number of carbonyl (C=O) groups is 2. The molecule has 0 radical (unpaired) electrons. The summed E-state index contributed by atoms with van der Waals surface area (Å²) < 4.78 is 49.9. The molecule has 0 unspecified atom stereocenters. The fraction of sp³-hybridized carbons (Fsp3) is 0.200. The third-order valence-corrected chi connectivity index (χ3v) is 6.81. The Bertz CT molecular complexity index is 1190. The van der Waals surface area contributed by atoms with E-state index in [1.165, 1.54) is 45.4 Å². The summed E-state index contributed by atoms with van der Waals surface area (Å²) >= 11 is 6.07. The van der Waals surface area contributed by atoms with Gasteiger partial charge in [0, 0.05) is 11.6 Å². The highest BCUT2D eigenvalue weighted by Crippen LogP contribution is 2.37. The summed E-state index contributed by atoms with van der Waals surface area (Å²) in [6.07, 6.45) is 0. The van der Waals surface area contributed by atoms with Crippen molar-refractivity contribution in [3.8, 4) is 11.5 Å². The van der Waals surface area contributed by atoms with E-state index in [0.29, 0.717) is 10.1 Å². The quantitative estimate of drug-likeness (QED) is 0.699. The molecule has 3 rings (SSSR count). The Labute approximate surface area is 183 Å². The zero-order chi connectivity index (χ0) is 22.9. The van der Waals surface area contributed by atoms with Crippen molar-refractivity contribution >= 4 is 44.0 Å². The SMILES string of the molecule is COc1cc(OC)c(NC(=O)CN2C(=O)C(C)=C(c3ccc(F)cc3)S2(=O)=O)cc1Cl. The fourth-order valence-electron chi connectivity index (χ4n) is 3.10. The van der Waals surface area contributed by atoms with Crippen molar-refractivity contribution < 1.29 is 31.9 Å². The highest BCUT2D eigenvalue weighted by Gasteiger charge is 2.43. The number of amides is 2. The summed E-state index contributed by atoms with van der Waals surface area (Å²) in [7, 11) is -1.53. The van der Waals surface area contributed by atoms with Gasteiger partial charge in [0.2, 0.25) is 5.91 Å². The highest BCUT2D eigenvalue weighted by atomic mass is 35.5. The minimum absolute atomic E-state index is 0.0653. The molecule has 1 N–H and O–H groups in total. The molecule has 11 heteroatoms. The summed E-state index contributed by atoms with van der Waals surface area (Å²) in [5.74, 6) is -1.63. The van der Waals surface area contributed by atoms with Gasteiger partial charge in [0.05, 0.1) is 24.9 Å². The van der Waals surface area contributed by atoms with Crippen molar-refractivity contribution in [3.63, 3.8) is 0 Å². The number of sulfonamides is 1. The molecule has 0 saturated carbocycles. The molecule has 1 aliphatic heterocycles. The van der Waals surface area contributed by atoms with E-state index < -0.39 is 34.2 Å². The van der Waals surface area contributed by atoms with E-state index in [1.54, 1.807) is 0 Å². The number of ether oxygens (including phenoxy) is 2. The topological polar surface area (TPSA) is 102 Å². The first-order valence-corrected chi connectivity index (χ1v) is 10.7. The zero-order valence-electron chi connectivity index (χ0n) is 16.7. The summed E-state index contributed by atoms with van der Waals surface area (Å²) in [5, 5.41) is 2.68. The van der Waals surface area contributed by atoms with Crippen LogP contribution in [0.3, 0.4) is 0 Å². The number of benzene rings is 2. The monoisotopic (exact) mass is 468 g/mol. The average Bonchev–Trinajstić information content (AvgIpc) is 2.88. The molecule has 1 heterocycles. The number of rotatable bonds is 6. The van der Waals surface area contributed by atoms with Crippen LogP contribution in [-0.2, 0) is 19.6 Å². The molecule has 0 fully saturated rings. The smallest absolute Gasteiger partial charge is 0.268 e. The number of nitrogens with zero attached hydrogens (tertiary/aromatic N) is 1. The number of nitrogens with one attached hydrogen (secondary N) is 1. The fourth-order valence-corrected chi connectivity index (χ4v) is 5.11. The summed E-state index contributed by atoms with van der Waals surface area (Å²) in [5.41, 5.74) is 0.258. The molecule has 8 nitrogen and oxygen atoms in total. The van der Waals surface area contributed by atoms with Crippen LogP contribution in [0.1, 0.15) is 12.5 Å². The number of hydrogen-bond acceptors (Lipinski definition) is 6. The molecule has 164 valence electrons. The van der Waals surface area contributed by atoms with Crippen LogP contribution in [0.15, 0.2) is 42.0 Å². The van der Waals surface area contributed by atoms with Gasteiger partial charge in [-0.05, 0) is 30.7 Å². The largest absolute Gasteiger partial charge is 0.495 e. The second-order valence-corrected chi connectivity index (χ2v) is 8.72. The number of methoxy groups -OCH3 is 2. The minimum atomic E-state index is -4.31. The summed E-state index contributed by atoms with van der Waals surface area (Å²) in [6.45, 7) is 0.568. The van der Waals surface area contributed by atoms with Crippen LogP contribution in [0.4, 0.5) is 10.1 Å². The Morgan fingerprint density at radius 2 is 1.74 bits per heavy atom. The third-order valence-electron chi connectivity index (χ3n) is 4.58. The van der Waals surface area contributed by atoms with Crippen molar-refractivity contribution in [2.45, 2.75) is 6.92 Å². The maximum atomic E-state index is 13.2. The van der Waals surface area contributed by atoms with Gasteiger partial charge >= 0.3 is 0 Å². The number of carbonyl (C=O) groups excluding carboxylic acids is 2. The maximum Gasteiger partial charge on any atom is 0.268 e. The molecule has 2 aromatic rings. The van der Waals surface area contributed by atoms with Crippen LogP contribution in [-0.4, -0.2) is 45.3 Å². The van der Waals surface area contributed by atoms with E-state index in [2.05, 4.69) is 5.32 Å². The summed E-state index contributed by atoms with van der Waals surface area (Å²) in [4.78, 5) is 24.9. The van der Waals surface area contributed by atoms with Crippen molar-refractivity contribution in [1.29, 1.82) is 0 Å². The zero-order valence-corrected chi connectivity index (χ0v) is 18.3. The van der Waals surface area contributed by atoms with E-state index >= 15 is 0 Å². The first-order chi connectivity index (χ1) is 14.6. The predicted octanol–water partition coefficient (Wildman–Crippen LogP) is 3.04. The Hall–Kier alpha value is -3.11. The maximum absolute atomic E-state index is 13.2. The van der Waals surface area contributed by atoms with Gasteiger partial charge in [-0.3, -0.25) is 9.59 Å². The molecule has 0 spiro atoms. The Kier molecular flexibility index (Phi) is 6.23. The molecule has 0 aliphatic carbocycles. The predicted molar refractivity (Wildman–Crippen MR) is 113 cm³/mol. The van der Waals surface area contributed by atoms with Crippen LogP contribution < -0.4 is 14.8 Å². The Balaban J connectivity index is 1.85. The van der Waals surface area contributed by atoms with Crippen LogP contribution >= 0.6 is 11.6 Å². The van der Waals surface area contributed by atoms with Crippen molar-refractivity contribution in [1.82, 2.24) is 4.31 Å². The normalized spacial score (nSPS) is 15.3. The molecule has 0 bridgehead atoms. The number of anilines is 1. The van der Waals surface area contributed by atoms with E-state index in [1.807, 2.05) is 0 Å². The number of halogens is 2. The lowest BCUT2D eigenvalue weighted by Gasteiger charge is -2.18. The lowest BCUT2D eigenvalue weighted by molar-refractivity contribution is -0.126. The standard InChI is InChI=1S/C20H18ClFN2O6S/c1-11-19(12-4-6-13(22)7-5-12)31(27,28)24(20(11)26)10-18(25)23-15-8-14(21)16(29-2)9-17(15)30-3/h4-9H,10H2,1-3H3,(H,23,25). The first-order valence-electron chi connectivity index (χ1n) is 8.85. The number of hydrogen-bond donors (Lipinski definition) is 1. The van der Waals surface area contributed by atoms with Crippen LogP contribution in [0.25, 0.3) is 4.91 Å². The van der Waals surface area contributed by atoms with E-state index in [9.17, 15) is 22.4 Å². The Morgan fingerprint density at radius 1 is 1.13 bits per heavy atom. The Morgan fingerprint density at radius 3 is 2.32 bits per heavy atom. The van der Waals surface area contributed by atoms with Gasteiger partial charge in [-0.25, -0.2) is 17.1 Å². The van der Waals surface area contributed by atoms with Crippen molar-refractivity contribution in [2.75, 3.05) is 26.1 Å². The minimum Gasteiger partial charge on any atom is -0.495 e. The van der Waals surface area contributed by atoms with Crippen molar-refractivity contribution in [3.05, 3.63) is 58.4 Å². The summed E-state index contributed by atoms with van der Waals surface area (Å²) in [6, 6.07) is 7.52. The van der Waals surface area contributed by atoms with Gasteiger partial charge in [0.15, 0.2) is 0 Å². The third kappa shape index (κ3) is 4.21. The molecule has 0 atom stereocenters. The molecule has 1 aliphatic rings. The second kappa shape index (κ2) is 8.56.